The van der Waals surface area contributed by atoms with E-state index >= 15 is 0 Å². The summed E-state index contributed by atoms with van der Waals surface area (Å²) in [6.45, 7) is 4.62. The molecule has 0 bridgehead atoms. The molecule has 0 rings (SSSR count). The molecule has 0 fully saturated rings. The normalized spacial score (nSPS) is 11.5. The summed E-state index contributed by atoms with van der Waals surface area (Å²) in [5.41, 5.74) is 0. The molecule has 230 valence electrons. The zero-order valence-corrected chi connectivity index (χ0v) is 28.0. The van der Waals surface area contributed by atoms with Crippen LogP contribution in [0.5, 0.6) is 0 Å². The molecule has 0 spiro atoms. The molecule has 0 N–H and O–H groups in total. The van der Waals surface area contributed by atoms with Crippen LogP contribution in [0.1, 0.15) is 226 Å². The van der Waals surface area contributed by atoms with Crippen LogP contribution >= 0.6 is 11.8 Å². The average molecular weight is 553 g/mol. The van der Waals surface area contributed by atoms with Crippen molar-refractivity contribution in [3.05, 3.63) is 0 Å². The van der Waals surface area contributed by atoms with Crippen molar-refractivity contribution in [1.82, 2.24) is 0 Å². The highest BCUT2D eigenvalue weighted by atomic mass is 32.2. The van der Waals surface area contributed by atoms with E-state index in [9.17, 15) is 0 Å². The Bertz CT molecular complexity index is 343. The lowest BCUT2D eigenvalue weighted by Gasteiger charge is -2.05. The SMILES string of the molecule is CCCCCCCCCCCCCCCCCCCCSCCCCCCCCCCCCCCCCC. The summed E-state index contributed by atoms with van der Waals surface area (Å²) in [4.78, 5) is 0. The van der Waals surface area contributed by atoms with Crippen molar-refractivity contribution in [2.75, 3.05) is 11.5 Å². The first-order valence-electron chi connectivity index (χ1n) is 18.5. The van der Waals surface area contributed by atoms with Gasteiger partial charge in [-0.2, -0.15) is 11.8 Å². The minimum absolute atomic E-state index is 1.37. The molecule has 0 aromatic heterocycles. The number of thioether (sulfide) groups is 1. The fraction of sp³-hybridized carbons (Fsp3) is 1.00. The second-order valence-corrected chi connectivity index (χ2v) is 13.8. The smallest absolute Gasteiger partial charge is 0.00675 e. The van der Waals surface area contributed by atoms with Crippen LogP contribution in [-0.2, 0) is 0 Å². The van der Waals surface area contributed by atoms with Crippen molar-refractivity contribution in [2.45, 2.75) is 226 Å². The summed E-state index contributed by atoms with van der Waals surface area (Å²) >= 11 is 2.23. The number of hydrogen-bond donors (Lipinski definition) is 0. The predicted octanol–water partition coefficient (Wildman–Crippen LogP) is 14.6. The van der Waals surface area contributed by atoms with Crippen molar-refractivity contribution in [1.29, 1.82) is 0 Å². The number of hydrogen-bond acceptors (Lipinski definition) is 1. The largest absolute Gasteiger partial charge is 0.162 e. The lowest BCUT2D eigenvalue weighted by atomic mass is 10.0. The maximum atomic E-state index is 2.31. The minimum Gasteiger partial charge on any atom is -0.162 e. The molecular weight excluding hydrogens is 476 g/mol. The molecule has 0 saturated heterocycles. The van der Waals surface area contributed by atoms with Gasteiger partial charge < -0.3 is 0 Å². The van der Waals surface area contributed by atoms with Gasteiger partial charge in [-0.1, -0.05) is 213 Å². The molecule has 0 saturated carbocycles. The molecule has 0 unspecified atom stereocenters. The second kappa shape index (κ2) is 37.4. The van der Waals surface area contributed by atoms with Gasteiger partial charge in [0.25, 0.3) is 0 Å². The van der Waals surface area contributed by atoms with Crippen LogP contribution in [0.4, 0.5) is 0 Å². The lowest BCUT2D eigenvalue weighted by molar-refractivity contribution is 0.526. The molecule has 0 aliphatic carbocycles. The predicted molar refractivity (Wildman–Crippen MR) is 181 cm³/mol. The van der Waals surface area contributed by atoms with E-state index in [1.165, 1.54) is 223 Å². The van der Waals surface area contributed by atoms with Crippen LogP contribution in [0.25, 0.3) is 0 Å². The molecule has 0 aromatic carbocycles. The maximum absolute atomic E-state index is 2.31. The van der Waals surface area contributed by atoms with E-state index in [1.807, 2.05) is 0 Å². The Labute approximate surface area is 248 Å². The summed E-state index contributed by atoms with van der Waals surface area (Å²) in [5.74, 6) is 2.83. The highest BCUT2D eigenvalue weighted by molar-refractivity contribution is 7.99. The van der Waals surface area contributed by atoms with Crippen LogP contribution in [0.15, 0.2) is 0 Å². The summed E-state index contributed by atoms with van der Waals surface area (Å²) in [6, 6.07) is 0. The van der Waals surface area contributed by atoms with Crippen LogP contribution < -0.4 is 0 Å². The van der Waals surface area contributed by atoms with E-state index in [0.717, 1.165) is 0 Å². The maximum Gasteiger partial charge on any atom is -0.00675 e. The van der Waals surface area contributed by atoms with E-state index in [4.69, 9.17) is 0 Å². The Morgan fingerprint density at radius 1 is 0.211 bits per heavy atom. The molecule has 0 amide bonds. The van der Waals surface area contributed by atoms with Gasteiger partial charge in [-0.3, -0.25) is 0 Å². The Hall–Kier alpha value is 0.350. The third-order valence-electron chi connectivity index (χ3n) is 8.53. The monoisotopic (exact) mass is 553 g/mol. The Balaban J connectivity index is 3.01. The van der Waals surface area contributed by atoms with Gasteiger partial charge in [0.15, 0.2) is 0 Å². The molecule has 0 atom stereocenters. The summed E-state index contributed by atoms with van der Waals surface area (Å²) < 4.78 is 0. The highest BCUT2D eigenvalue weighted by Crippen LogP contribution is 2.17. The zero-order chi connectivity index (χ0) is 27.5. The van der Waals surface area contributed by atoms with Crippen molar-refractivity contribution in [3.63, 3.8) is 0 Å². The molecule has 38 heavy (non-hydrogen) atoms. The average Bonchev–Trinajstić information content (AvgIpc) is 2.93. The second-order valence-electron chi connectivity index (χ2n) is 12.6. The summed E-state index contributed by atoms with van der Waals surface area (Å²) in [7, 11) is 0. The van der Waals surface area contributed by atoms with E-state index in [-0.39, 0.29) is 0 Å². The third-order valence-corrected chi connectivity index (χ3v) is 9.69. The fourth-order valence-electron chi connectivity index (χ4n) is 5.78. The fourth-order valence-corrected chi connectivity index (χ4v) is 6.80. The Kier molecular flexibility index (Phi) is 37.7. The molecule has 0 nitrogen and oxygen atoms in total. The molecule has 0 aliphatic rings. The molecule has 0 aliphatic heterocycles. The first kappa shape index (κ1) is 38.4. The number of unbranched alkanes of at least 4 members (excludes halogenated alkanes) is 31. The van der Waals surface area contributed by atoms with Gasteiger partial charge in [-0.25, -0.2) is 0 Å². The van der Waals surface area contributed by atoms with Crippen LogP contribution in [0, 0.1) is 0 Å². The first-order chi connectivity index (χ1) is 18.9. The van der Waals surface area contributed by atoms with Crippen molar-refractivity contribution < 1.29 is 0 Å². The third kappa shape index (κ3) is 36.4. The van der Waals surface area contributed by atoms with Gasteiger partial charge in [-0.15, -0.1) is 0 Å². The quantitative estimate of drug-likeness (QED) is 0.0704. The van der Waals surface area contributed by atoms with Crippen LogP contribution in [0.3, 0.4) is 0 Å². The van der Waals surface area contributed by atoms with Gasteiger partial charge in [0.1, 0.15) is 0 Å². The number of rotatable bonds is 35. The van der Waals surface area contributed by atoms with E-state index in [0.29, 0.717) is 0 Å². The summed E-state index contributed by atoms with van der Waals surface area (Å²) in [6.07, 6.45) is 48.7. The molecule has 1 heteroatoms. The summed E-state index contributed by atoms with van der Waals surface area (Å²) in [5, 5.41) is 0. The molecular formula is C37H76S. The minimum atomic E-state index is 1.37. The van der Waals surface area contributed by atoms with Gasteiger partial charge in [-0.05, 0) is 24.3 Å². The molecule has 0 heterocycles. The van der Waals surface area contributed by atoms with Crippen molar-refractivity contribution >= 4 is 11.8 Å². The van der Waals surface area contributed by atoms with Gasteiger partial charge in [0, 0.05) is 0 Å². The van der Waals surface area contributed by atoms with Crippen LogP contribution in [-0.4, -0.2) is 11.5 Å². The topological polar surface area (TPSA) is 0 Å². The van der Waals surface area contributed by atoms with Crippen LogP contribution in [0.2, 0.25) is 0 Å². The van der Waals surface area contributed by atoms with Crippen molar-refractivity contribution in [2.24, 2.45) is 0 Å². The van der Waals surface area contributed by atoms with E-state index < -0.39 is 0 Å². The lowest BCUT2D eigenvalue weighted by Crippen LogP contribution is -1.87. The first-order valence-corrected chi connectivity index (χ1v) is 19.6. The van der Waals surface area contributed by atoms with Gasteiger partial charge >= 0.3 is 0 Å². The molecule has 0 radical (unpaired) electrons. The molecule has 0 aromatic rings. The van der Waals surface area contributed by atoms with Gasteiger partial charge in [0.2, 0.25) is 0 Å². The van der Waals surface area contributed by atoms with E-state index in [1.54, 1.807) is 0 Å². The highest BCUT2D eigenvalue weighted by Gasteiger charge is 1.97. The van der Waals surface area contributed by atoms with Crippen molar-refractivity contribution in [3.8, 4) is 0 Å². The van der Waals surface area contributed by atoms with Gasteiger partial charge in [0.05, 0.1) is 0 Å². The Morgan fingerprint density at radius 2 is 0.368 bits per heavy atom. The van der Waals surface area contributed by atoms with E-state index in [2.05, 4.69) is 25.6 Å². The zero-order valence-electron chi connectivity index (χ0n) is 27.2. The Morgan fingerprint density at radius 3 is 0.553 bits per heavy atom. The standard InChI is InChI=1S/C37H76S/c1-3-5-7-9-11-13-15-17-19-20-21-23-25-27-29-31-33-35-37-38-36-34-32-30-28-26-24-22-18-16-14-12-10-8-6-4-2/h3-37H2,1-2H3.